The molecule has 0 amide bonds. The van der Waals surface area contributed by atoms with Gasteiger partial charge < -0.3 is 15.0 Å². The predicted molar refractivity (Wildman–Crippen MR) is 109 cm³/mol. The molecule has 0 aliphatic carbocycles. The van der Waals surface area contributed by atoms with E-state index in [0.717, 1.165) is 45.4 Å². The molecule has 5 nitrogen and oxygen atoms in total. The zero-order valence-electron chi connectivity index (χ0n) is 15.6. The molecule has 0 bridgehead atoms. The fourth-order valence-corrected chi connectivity index (χ4v) is 4.15. The van der Waals surface area contributed by atoms with E-state index in [-0.39, 0.29) is 0 Å². The van der Waals surface area contributed by atoms with Crippen LogP contribution in [0.1, 0.15) is 16.5 Å². The fraction of sp³-hybridized carbons (Fsp3) is 0.450. The van der Waals surface area contributed by atoms with E-state index in [1.165, 1.54) is 10.4 Å². The Morgan fingerprint density at radius 3 is 2.65 bits per heavy atom. The normalized spacial score (nSPS) is 17.1. The quantitative estimate of drug-likeness (QED) is 0.625. The number of hydrogen-bond acceptors (Lipinski definition) is 4. The van der Waals surface area contributed by atoms with Gasteiger partial charge in [0.05, 0.1) is 19.3 Å². The average molecular weight is 373 g/mol. The van der Waals surface area contributed by atoms with Gasteiger partial charge in [-0.1, -0.05) is 36.4 Å². The first-order chi connectivity index (χ1) is 12.8. The van der Waals surface area contributed by atoms with Gasteiger partial charge in [-0.25, -0.2) is 0 Å². The van der Waals surface area contributed by atoms with Gasteiger partial charge in [-0.05, 0) is 17.0 Å². The smallest absolute Gasteiger partial charge is 0.193 e. The third kappa shape index (κ3) is 5.06. The third-order valence-electron chi connectivity index (χ3n) is 4.65. The molecule has 26 heavy (non-hydrogen) atoms. The van der Waals surface area contributed by atoms with Crippen LogP contribution in [0.2, 0.25) is 0 Å². The van der Waals surface area contributed by atoms with Gasteiger partial charge in [0.1, 0.15) is 0 Å². The highest BCUT2D eigenvalue weighted by molar-refractivity contribution is 7.10. The first-order valence-electron chi connectivity index (χ1n) is 9.09. The first-order valence-corrected chi connectivity index (χ1v) is 9.97. The van der Waals surface area contributed by atoms with E-state index in [2.05, 4.69) is 68.9 Å². The van der Waals surface area contributed by atoms with Gasteiger partial charge in [-0.15, -0.1) is 11.3 Å². The zero-order chi connectivity index (χ0) is 18.2. The Kier molecular flexibility index (Phi) is 7.05. The third-order valence-corrected chi connectivity index (χ3v) is 5.62. The van der Waals surface area contributed by atoms with Gasteiger partial charge in [-0.3, -0.25) is 9.89 Å². The second kappa shape index (κ2) is 9.71. The van der Waals surface area contributed by atoms with Crippen LogP contribution in [0.5, 0.6) is 0 Å². The van der Waals surface area contributed by atoms with Crippen LogP contribution in [0, 0.1) is 0 Å². The summed E-state index contributed by atoms with van der Waals surface area (Å²) in [6.07, 6.45) is 0. The van der Waals surface area contributed by atoms with E-state index < -0.39 is 0 Å². The molecule has 0 saturated carbocycles. The lowest BCUT2D eigenvalue weighted by molar-refractivity contribution is 0.0176. The minimum Gasteiger partial charge on any atom is -0.379 e. The van der Waals surface area contributed by atoms with Crippen LogP contribution in [0.15, 0.2) is 52.8 Å². The summed E-state index contributed by atoms with van der Waals surface area (Å²) in [5, 5.41) is 5.73. The Balaban J connectivity index is 1.62. The molecule has 1 aromatic heterocycles. The molecule has 1 saturated heterocycles. The summed E-state index contributed by atoms with van der Waals surface area (Å²) in [5.74, 6) is 0.920. The van der Waals surface area contributed by atoms with E-state index in [1.807, 2.05) is 24.5 Å². The number of rotatable bonds is 6. The summed E-state index contributed by atoms with van der Waals surface area (Å²) < 4.78 is 5.53. The maximum absolute atomic E-state index is 5.53. The highest BCUT2D eigenvalue weighted by atomic mass is 32.1. The van der Waals surface area contributed by atoms with Gasteiger partial charge in [0, 0.05) is 45.2 Å². The van der Waals surface area contributed by atoms with E-state index in [4.69, 9.17) is 4.74 Å². The lowest BCUT2D eigenvalue weighted by Crippen LogP contribution is -2.46. The molecule has 6 heteroatoms. The lowest BCUT2D eigenvalue weighted by atomic mass is 10.2. The summed E-state index contributed by atoms with van der Waals surface area (Å²) in [4.78, 5) is 10.5. The van der Waals surface area contributed by atoms with Crippen molar-refractivity contribution in [1.29, 1.82) is 0 Å². The summed E-state index contributed by atoms with van der Waals surface area (Å²) >= 11 is 1.82. The molecule has 1 N–H and O–H groups in total. The number of ether oxygens (including phenoxy) is 1. The van der Waals surface area contributed by atoms with E-state index in [1.54, 1.807) is 0 Å². The van der Waals surface area contributed by atoms with Crippen LogP contribution in [0.25, 0.3) is 0 Å². The van der Waals surface area contributed by atoms with Crippen LogP contribution in [-0.4, -0.2) is 62.7 Å². The van der Waals surface area contributed by atoms with Crippen molar-refractivity contribution in [1.82, 2.24) is 15.1 Å². The van der Waals surface area contributed by atoms with Crippen LogP contribution in [0.3, 0.4) is 0 Å². The number of morpholine rings is 1. The Labute approximate surface area is 160 Å². The van der Waals surface area contributed by atoms with Gasteiger partial charge in [-0.2, -0.15) is 0 Å². The largest absolute Gasteiger partial charge is 0.379 e. The maximum atomic E-state index is 5.53. The second-order valence-corrected chi connectivity index (χ2v) is 7.43. The van der Waals surface area contributed by atoms with Crippen molar-refractivity contribution < 1.29 is 4.74 Å². The van der Waals surface area contributed by atoms with Gasteiger partial charge >= 0.3 is 0 Å². The molecule has 1 aliphatic heterocycles. The van der Waals surface area contributed by atoms with Crippen molar-refractivity contribution in [2.75, 3.05) is 46.9 Å². The van der Waals surface area contributed by atoms with Crippen LogP contribution in [0.4, 0.5) is 0 Å². The van der Waals surface area contributed by atoms with E-state index in [9.17, 15) is 0 Å². The van der Waals surface area contributed by atoms with Crippen LogP contribution in [-0.2, 0) is 11.3 Å². The number of hydrogen-bond donors (Lipinski definition) is 1. The fourth-order valence-electron chi connectivity index (χ4n) is 3.28. The molecule has 140 valence electrons. The highest BCUT2D eigenvalue weighted by Crippen LogP contribution is 2.25. The van der Waals surface area contributed by atoms with Gasteiger partial charge in [0.15, 0.2) is 5.96 Å². The van der Waals surface area contributed by atoms with Gasteiger partial charge in [0.2, 0.25) is 0 Å². The summed E-state index contributed by atoms with van der Waals surface area (Å²) in [7, 11) is 3.93. The Hall–Kier alpha value is -1.89. The minimum absolute atomic E-state index is 0.348. The Bertz CT molecular complexity index is 668. The average Bonchev–Trinajstić information content (AvgIpc) is 3.21. The minimum atomic E-state index is 0.348. The molecule has 2 heterocycles. The van der Waals surface area contributed by atoms with Crippen molar-refractivity contribution in [3.05, 3.63) is 58.3 Å². The molecule has 1 aliphatic rings. The van der Waals surface area contributed by atoms with Crippen molar-refractivity contribution in [3.8, 4) is 0 Å². The van der Waals surface area contributed by atoms with Crippen molar-refractivity contribution >= 4 is 17.3 Å². The number of nitrogens with one attached hydrogen (secondary N) is 1. The summed E-state index contributed by atoms with van der Waals surface area (Å²) in [5.41, 5.74) is 1.28. The number of nitrogens with zero attached hydrogens (tertiary/aromatic N) is 3. The molecule has 3 rings (SSSR count). The van der Waals surface area contributed by atoms with Crippen molar-refractivity contribution in [2.45, 2.75) is 12.6 Å². The zero-order valence-corrected chi connectivity index (χ0v) is 16.4. The summed E-state index contributed by atoms with van der Waals surface area (Å²) in [6.45, 7) is 5.24. The van der Waals surface area contributed by atoms with Crippen LogP contribution < -0.4 is 5.32 Å². The Morgan fingerprint density at radius 2 is 2.00 bits per heavy atom. The molecule has 1 aromatic carbocycles. The monoisotopic (exact) mass is 372 g/mol. The summed E-state index contributed by atoms with van der Waals surface area (Å²) in [6, 6.07) is 15.2. The number of guanidine groups is 1. The van der Waals surface area contributed by atoms with Gasteiger partial charge in [0.25, 0.3) is 0 Å². The second-order valence-electron chi connectivity index (χ2n) is 6.45. The van der Waals surface area contributed by atoms with Crippen molar-refractivity contribution in [2.24, 2.45) is 4.99 Å². The molecule has 0 radical (unpaired) electrons. The molecule has 1 unspecified atom stereocenters. The predicted octanol–water partition coefficient (Wildman–Crippen LogP) is 2.83. The highest BCUT2D eigenvalue weighted by Gasteiger charge is 2.24. The SMILES string of the molecule is CN=C(NCC(c1cccs1)N1CCOCC1)N(C)Cc1ccccc1. The standard InChI is InChI=1S/C20H28N4OS/c1-21-20(23(2)16-17-7-4-3-5-8-17)22-15-18(19-9-6-14-26-19)24-10-12-25-13-11-24/h3-9,14,18H,10-13,15-16H2,1-2H3,(H,21,22). The maximum Gasteiger partial charge on any atom is 0.193 e. The molecule has 0 spiro atoms. The topological polar surface area (TPSA) is 40.1 Å². The number of thiophene rings is 1. The Morgan fingerprint density at radius 1 is 1.23 bits per heavy atom. The number of benzene rings is 1. The molecular weight excluding hydrogens is 344 g/mol. The first kappa shape index (κ1) is 18.9. The number of aliphatic imine (C=N–C) groups is 1. The van der Waals surface area contributed by atoms with Crippen molar-refractivity contribution in [3.63, 3.8) is 0 Å². The van der Waals surface area contributed by atoms with E-state index in [0.29, 0.717) is 6.04 Å². The van der Waals surface area contributed by atoms with E-state index >= 15 is 0 Å². The molecule has 1 fully saturated rings. The molecule has 1 atom stereocenters. The molecule has 2 aromatic rings. The molecular formula is C20H28N4OS. The lowest BCUT2D eigenvalue weighted by Gasteiger charge is -2.35. The van der Waals surface area contributed by atoms with Crippen LogP contribution >= 0.6 is 11.3 Å².